The molecule has 0 radical (unpaired) electrons. The van der Waals surface area contributed by atoms with Crippen LogP contribution < -0.4 is 10.6 Å². The van der Waals surface area contributed by atoms with E-state index in [-0.39, 0.29) is 5.69 Å². The fourth-order valence-electron chi connectivity index (χ4n) is 3.69. The van der Waals surface area contributed by atoms with E-state index in [1.807, 2.05) is 6.07 Å². The van der Waals surface area contributed by atoms with Crippen LogP contribution in [0.3, 0.4) is 0 Å². The molecule has 1 atom stereocenters. The van der Waals surface area contributed by atoms with Crippen LogP contribution in [0.25, 0.3) is 0 Å². The summed E-state index contributed by atoms with van der Waals surface area (Å²) in [7, 11) is 0. The van der Waals surface area contributed by atoms with Crippen LogP contribution in [-0.2, 0) is 30.5 Å². The monoisotopic (exact) mass is 429 g/mol. The molecule has 3 aromatic rings. The Labute approximate surface area is 177 Å². The van der Waals surface area contributed by atoms with Crippen LogP contribution in [0.5, 0.6) is 0 Å². The Morgan fingerprint density at radius 1 is 1.06 bits per heavy atom. The highest BCUT2D eigenvalue weighted by atomic mass is 19.4. The molecule has 4 rings (SSSR count). The molecular weight excluding hydrogens is 407 g/mol. The molecule has 0 spiro atoms. The summed E-state index contributed by atoms with van der Waals surface area (Å²) in [6.07, 6.45) is -1.47. The maximum absolute atomic E-state index is 13.0. The second-order valence-corrected chi connectivity index (χ2v) is 7.43. The van der Waals surface area contributed by atoms with Gasteiger partial charge >= 0.3 is 6.18 Å². The number of halogens is 3. The molecule has 2 N–H and O–H groups in total. The summed E-state index contributed by atoms with van der Waals surface area (Å²) < 4.78 is 41.1. The third-order valence-electron chi connectivity index (χ3n) is 5.25. The first-order valence-electron chi connectivity index (χ1n) is 10.1. The number of benzene rings is 2. The molecule has 0 aliphatic carbocycles. The molecule has 31 heavy (non-hydrogen) atoms. The zero-order valence-electron chi connectivity index (χ0n) is 16.7. The van der Waals surface area contributed by atoms with Crippen molar-refractivity contribution < 1.29 is 18.0 Å². The molecule has 1 amide bonds. The van der Waals surface area contributed by atoms with E-state index in [0.29, 0.717) is 12.1 Å². The van der Waals surface area contributed by atoms with Crippen molar-refractivity contribution in [3.05, 3.63) is 77.4 Å². The number of nitrogens with zero attached hydrogens (tertiary/aromatic N) is 3. The van der Waals surface area contributed by atoms with Gasteiger partial charge in [-0.15, -0.1) is 10.2 Å². The summed E-state index contributed by atoms with van der Waals surface area (Å²) in [6, 6.07) is 12.9. The van der Waals surface area contributed by atoms with Gasteiger partial charge in [-0.1, -0.05) is 36.4 Å². The number of anilines is 1. The van der Waals surface area contributed by atoms with Gasteiger partial charge in [0.05, 0.1) is 12.1 Å². The average Bonchev–Trinajstić information content (AvgIpc) is 3.17. The predicted molar refractivity (Wildman–Crippen MR) is 109 cm³/mol. The molecule has 2 heterocycles. The lowest BCUT2D eigenvalue weighted by Gasteiger charge is -2.20. The van der Waals surface area contributed by atoms with Gasteiger partial charge in [-0.2, -0.15) is 13.2 Å². The minimum atomic E-state index is -4.48. The molecule has 1 aliphatic heterocycles. The highest BCUT2D eigenvalue weighted by Crippen LogP contribution is 2.31. The lowest BCUT2D eigenvalue weighted by molar-refractivity contribution is -0.137. The summed E-state index contributed by atoms with van der Waals surface area (Å²) in [6.45, 7) is 1.15. The summed E-state index contributed by atoms with van der Waals surface area (Å²) in [5, 5.41) is 14.3. The first-order chi connectivity index (χ1) is 14.9. The Hall–Kier alpha value is -3.20. The summed E-state index contributed by atoms with van der Waals surface area (Å²) in [4.78, 5) is 13.0. The lowest BCUT2D eigenvalue weighted by Crippen LogP contribution is -2.33. The van der Waals surface area contributed by atoms with Crippen molar-refractivity contribution in [2.24, 2.45) is 0 Å². The number of aryl methyl sites for hydroxylation is 1. The van der Waals surface area contributed by atoms with Gasteiger partial charge in [-0.25, -0.2) is 0 Å². The second-order valence-electron chi connectivity index (χ2n) is 7.43. The first-order valence-corrected chi connectivity index (χ1v) is 10.1. The Morgan fingerprint density at radius 3 is 2.65 bits per heavy atom. The normalized spacial score (nSPS) is 14.7. The van der Waals surface area contributed by atoms with Gasteiger partial charge in [-0.05, 0) is 36.6 Å². The van der Waals surface area contributed by atoms with E-state index in [1.165, 1.54) is 12.1 Å². The third-order valence-corrected chi connectivity index (χ3v) is 5.25. The van der Waals surface area contributed by atoms with E-state index in [0.717, 1.165) is 49.6 Å². The number of fused-ring (bicyclic) bond motifs is 1. The molecule has 2 aromatic carbocycles. The fourth-order valence-corrected chi connectivity index (χ4v) is 3.69. The van der Waals surface area contributed by atoms with Gasteiger partial charge in [0.1, 0.15) is 17.7 Å². The number of aromatic nitrogens is 3. The van der Waals surface area contributed by atoms with Crippen molar-refractivity contribution in [1.82, 2.24) is 20.1 Å². The Bertz CT molecular complexity index is 1050. The van der Waals surface area contributed by atoms with E-state index >= 15 is 0 Å². The van der Waals surface area contributed by atoms with E-state index in [9.17, 15) is 18.0 Å². The van der Waals surface area contributed by atoms with E-state index < -0.39 is 23.7 Å². The fraction of sp³-hybridized carbons (Fsp3) is 0.318. The van der Waals surface area contributed by atoms with Crippen LogP contribution in [0.1, 0.15) is 41.7 Å². The minimum absolute atomic E-state index is 0.0856. The third kappa shape index (κ3) is 4.93. The molecule has 0 saturated heterocycles. The Kier molecular flexibility index (Phi) is 6.03. The Morgan fingerprint density at radius 2 is 1.87 bits per heavy atom. The van der Waals surface area contributed by atoms with E-state index in [1.54, 1.807) is 24.3 Å². The van der Waals surface area contributed by atoms with Gasteiger partial charge in [0.25, 0.3) is 0 Å². The predicted octanol–water partition coefficient (Wildman–Crippen LogP) is 4.10. The van der Waals surface area contributed by atoms with Crippen molar-refractivity contribution in [3.8, 4) is 0 Å². The number of carbonyl (C=O) groups excluding carboxylic acids is 1. The van der Waals surface area contributed by atoms with E-state index in [2.05, 4.69) is 25.4 Å². The van der Waals surface area contributed by atoms with Crippen LogP contribution in [0.4, 0.5) is 18.9 Å². The number of hydrogen-bond acceptors (Lipinski definition) is 4. The van der Waals surface area contributed by atoms with Gasteiger partial charge < -0.3 is 9.88 Å². The second kappa shape index (κ2) is 8.89. The van der Waals surface area contributed by atoms with Crippen molar-refractivity contribution >= 4 is 11.6 Å². The zero-order chi connectivity index (χ0) is 21.8. The summed E-state index contributed by atoms with van der Waals surface area (Å²) in [5.41, 5.74) is -0.0302. The quantitative estimate of drug-likeness (QED) is 0.619. The van der Waals surface area contributed by atoms with Gasteiger partial charge in [0.2, 0.25) is 5.91 Å². The lowest BCUT2D eigenvalue weighted by atomic mass is 10.1. The molecule has 162 valence electrons. The van der Waals surface area contributed by atoms with Crippen molar-refractivity contribution in [2.75, 3.05) is 5.32 Å². The molecule has 0 saturated carbocycles. The molecular formula is C22H22F3N5O. The van der Waals surface area contributed by atoms with Crippen LogP contribution in [0.2, 0.25) is 0 Å². The van der Waals surface area contributed by atoms with Crippen LogP contribution >= 0.6 is 0 Å². The van der Waals surface area contributed by atoms with Gasteiger partial charge in [0, 0.05) is 18.7 Å². The number of amides is 1. The number of alkyl halides is 3. The van der Waals surface area contributed by atoms with Crippen molar-refractivity contribution in [1.29, 1.82) is 0 Å². The molecule has 1 aliphatic rings. The maximum Gasteiger partial charge on any atom is 0.416 e. The highest BCUT2D eigenvalue weighted by Gasteiger charge is 2.31. The number of nitrogens with one attached hydrogen (secondary N) is 2. The number of hydrogen-bond donors (Lipinski definition) is 2. The van der Waals surface area contributed by atoms with Crippen molar-refractivity contribution in [2.45, 2.75) is 44.6 Å². The SMILES string of the molecule is O=C(Nc1cccc(C(F)(F)F)c1)[C@H](NCc1nnc2n1CCCC2)c1ccccc1. The smallest absolute Gasteiger partial charge is 0.324 e. The van der Waals surface area contributed by atoms with Crippen LogP contribution in [0.15, 0.2) is 54.6 Å². The topological polar surface area (TPSA) is 71.8 Å². The zero-order valence-corrected chi connectivity index (χ0v) is 16.7. The standard InChI is InChI=1S/C22H22F3N5O/c23-22(24,25)16-9-6-10-17(13-16)27-21(31)20(15-7-2-1-3-8-15)26-14-19-29-28-18-11-4-5-12-30(18)19/h1-3,6-10,13,20,26H,4-5,11-12,14H2,(H,27,31)/t20-/m1/s1. The maximum atomic E-state index is 13.0. The van der Waals surface area contributed by atoms with Crippen LogP contribution in [0, 0.1) is 0 Å². The molecule has 0 bridgehead atoms. The molecule has 0 fully saturated rings. The average molecular weight is 429 g/mol. The first kappa shape index (κ1) is 21.0. The Balaban J connectivity index is 1.53. The molecule has 9 heteroatoms. The summed E-state index contributed by atoms with van der Waals surface area (Å²) in [5.74, 6) is 1.22. The van der Waals surface area contributed by atoms with E-state index in [4.69, 9.17) is 0 Å². The van der Waals surface area contributed by atoms with Crippen molar-refractivity contribution in [3.63, 3.8) is 0 Å². The molecule has 1 aromatic heterocycles. The highest BCUT2D eigenvalue weighted by molar-refractivity contribution is 5.95. The van der Waals surface area contributed by atoms with Gasteiger partial charge in [-0.3, -0.25) is 10.1 Å². The number of carbonyl (C=O) groups is 1. The number of rotatable bonds is 6. The largest absolute Gasteiger partial charge is 0.416 e. The molecule has 0 unspecified atom stereocenters. The van der Waals surface area contributed by atoms with Gasteiger partial charge in [0.15, 0.2) is 0 Å². The van der Waals surface area contributed by atoms with Crippen LogP contribution in [-0.4, -0.2) is 20.7 Å². The summed E-state index contributed by atoms with van der Waals surface area (Å²) >= 11 is 0. The molecule has 6 nitrogen and oxygen atoms in total. The minimum Gasteiger partial charge on any atom is -0.324 e.